The summed E-state index contributed by atoms with van der Waals surface area (Å²) in [4.78, 5) is 15.9. The Morgan fingerprint density at radius 2 is 1.96 bits per heavy atom. The van der Waals surface area contributed by atoms with Gasteiger partial charge in [-0.1, -0.05) is 6.07 Å². The zero-order valence-corrected chi connectivity index (χ0v) is 15.6. The van der Waals surface area contributed by atoms with Crippen molar-refractivity contribution in [2.24, 2.45) is 0 Å². The highest BCUT2D eigenvalue weighted by Crippen LogP contribution is 2.24. The normalized spacial score (nSPS) is 11.1. The number of carbonyl (C=O) groups excluding carboxylic acids is 1. The lowest BCUT2D eigenvalue weighted by Gasteiger charge is -2.07. The molecule has 0 saturated heterocycles. The van der Waals surface area contributed by atoms with Gasteiger partial charge in [-0.25, -0.2) is 18.6 Å². The van der Waals surface area contributed by atoms with Gasteiger partial charge in [0.1, 0.15) is 17.3 Å². The van der Waals surface area contributed by atoms with Crippen molar-refractivity contribution in [1.82, 2.24) is 9.55 Å². The number of ether oxygens (including phenoxy) is 3. The number of rotatable bonds is 8. The molecule has 0 amide bonds. The maximum absolute atomic E-state index is 14.1. The van der Waals surface area contributed by atoms with Crippen LogP contribution < -0.4 is 0 Å². The van der Waals surface area contributed by atoms with Crippen LogP contribution in [0.15, 0.2) is 36.7 Å². The van der Waals surface area contributed by atoms with Crippen molar-refractivity contribution >= 4 is 16.9 Å². The predicted octanol–water partition coefficient (Wildman–Crippen LogP) is 3.31. The molecule has 0 radical (unpaired) electrons. The van der Waals surface area contributed by atoms with E-state index < -0.39 is 17.6 Å². The Balaban J connectivity index is 1.98. The Labute approximate surface area is 160 Å². The molecule has 0 bridgehead atoms. The highest BCUT2D eigenvalue weighted by molar-refractivity contribution is 5.93. The number of carbonyl (C=O) groups is 1. The van der Waals surface area contributed by atoms with Crippen LogP contribution in [0.25, 0.3) is 10.9 Å². The summed E-state index contributed by atoms with van der Waals surface area (Å²) in [6.45, 7) is 1.32. The van der Waals surface area contributed by atoms with Gasteiger partial charge in [0, 0.05) is 35.9 Å². The van der Waals surface area contributed by atoms with Crippen molar-refractivity contribution in [1.29, 1.82) is 0 Å². The minimum absolute atomic E-state index is 0.166. The van der Waals surface area contributed by atoms with Crippen LogP contribution in [0, 0.1) is 11.6 Å². The number of esters is 1. The molecule has 2 heterocycles. The molecule has 0 N–H and O–H groups in total. The van der Waals surface area contributed by atoms with Crippen LogP contribution in [0.5, 0.6) is 0 Å². The van der Waals surface area contributed by atoms with Crippen molar-refractivity contribution in [3.8, 4) is 0 Å². The minimum atomic E-state index is -0.629. The van der Waals surface area contributed by atoms with E-state index in [-0.39, 0.29) is 18.8 Å². The first-order valence-electron chi connectivity index (χ1n) is 8.60. The molecule has 0 saturated carbocycles. The van der Waals surface area contributed by atoms with Gasteiger partial charge >= 0.3 is 5.97 Å². The molecule has 3 rings (SSSR count). The first-order valence-corrected chi connectivity index (χ1v) is 8.60. The maximum atomic E-state index is 14.1. The Morgan fingerprint density at radius 1 is 1.14 bits per heavy atom. The molecule has 0 aliphatic rings. The first kappa shape index (κ1) is 19.9. The Hall–Kier alpha value is -2.84. The summed E-state index contributed by atoms with van der Waals surface area (Å²) >= 11 is 0. The summed E-state index contributed by atoms with van der Waals surface area (Å²) in [6.07, 6.45) is 3.34. The number of pyridine rings is 1. The summed E-state index contributed by atoms with van der Waals surface area (Å²) in [5.74, 6) is -1.81. The number of hydrogen-bond donors (Lipinski definition) is 0. The molecule has 0 aliphatic heterocycles. The van der Waals surface area contributed by atoms with Gasteiger partial charge in [-0.15, -0.1) is 0 Å². The van der Waals surface area contributed by atoms with Gasteiger partial charge in [-0.3, -0.25) is 0 Å². The van der Waals surface area contributed by atoms with Crippen molar-refractivity contribution < 1.29 is 27.8 Å². The van der Waals surface area contributed by atoms with Crippen LogP contribution in [-0.4, -0.2) is 43.0 Å². The van der Waals surface area contributed by atoms with E-state index in [0.29, 0.717) is 24.3 Å². The van der Waals surface area contributed by atoms with E-state index in [1.165, 1.54) is 25.4 Å². The van der Waals surface area contributed by atoms with Gasteiger partial charge in [-0.05, 0) is 12.1 Å². The standard InChI is InChI=1S/C20H20F2N2O4/c1-26-5-6-28-12-14-11-24(10-13-3-4-15(21)7-17(13)22)19-9-23-18(8-16(14)19)20(25)27-2/h3-4,7-9,11H,5-6,10,12H2,1-2H3. The Bertz CT molecular complexity index is 988. The van der Waals surface area contributed by atoms with E-state index in [0.717, 1.165) is 17.0 Å². The number of fused-ring (bicyclic) bond motifs is 1. The van der Waals surface area contributed by atoms with E-state index in [1.807, 2.05) is 6.20 Å². The van der Waals surface area contributed by atoms with E-state index >= 15 is 0 Å². The molecule has 8 heteroatoms. The molecule has 6 nitrogen and oxygen atoms in total. The smallest absolute Gasteiger partial charge is 0.356 e. The van der Waals surface area contributed by atoms with Gasteiger partial charge in [-0.2, -0.15) is 0 Å². The van der Waals surface area contributed by atoms with E-state index in [9.17, 15) is 13.6 Å². The largest absolute Gasteiger partial charge is 0.464 e. The quantitative estimate of drug-likeness (QED) is 0.436. The number of aromatic nitrogens is 2. The van der Waals surface area contributed by atoms with Crippen LogP contribution >= 0.6 is 0 Å². The predicted molar refractivity (Wildman–Crippen MR) is 98.1 cm³/mol. The second-order valence-corrected chi connectivity index (χ2v) is 6.14. The summed E-state index contributed by atoms with van der Waals surface area (Å²) in [5, 5.41) is 0.746. The minimum Gasteiger partial charge on any atom is -0.464 e. The van der Waals surface area contributed by atoms with Crippen LogP contribution in [-0.2, 0) is 27.4 Å². The molecular formula is C20H20F2N2O4. The third kappa shape index (κ3) is 4.35. The lowest BCUT2D eigenvalue weighted by molar-refractivity contribution is 0.0594. The molecule has 0 aliphatic carbocycles. The highest BCUT2D eigenvalue weighted by Gasteiger charge is 2.15. The van der Waals surface area contributed by atoms with Gasteiger partial charge in [0.15, 0.2) is 0 Å². The molecule has 148 valence electrons. The highest BCUT2D eigenvalue weighted by atomic mass is 19.1. The lowest BCUT2D eigenvalue weighted by Crippen LogP contribution is -2.05. The zero-order valence-electron chi connectivity index (χ0n) is 15.6. The molecular weight excluding hydrogens is 370 g/mol. The number of benzene rings is 1. The molecule has 0 fully saturated rings. The van der Waals surface area contributed by atoms with Gasteiger partial charge in [0.05, 0.1) is 45.2 Å². The molecule has 0 atom stereocenters. The summed E-state index contributed by atoms with van der Waals surface area (Å²) in [7, 11) is 2.87. The van der Waals surface area contributed by atoms with Crippen molar-refractivity contribution in [2.75, 3.05) is 27.4 Å². The lowest BCUT2D eigenvalue weighted by atomic mass is 10.2. The fraction of sp³-hybridized carbons (Fsp3) is 0.300. The van der Waals surface area contributed by atoms with Crippen molar-refractivity contribution in [2.45, 2.75) is 13.2 Å². The third-order valence-electron chi connectivity index (χ3n) is 4.29. The van der Waals surface area contributed by atoms with Gasteiger partial charge in [0.25, 0.3) is 0 Å². The van der Waals surface area contributed by atoms with Crippen LogP contribution in [0.1, 0.15) is 21.6 Å². The summed E-state index contributed by atoms with van der Waals surface area (Å²) in [5.41, 5.74) is 2.00. The number of hydrogen-bond acceptors (Lipinski definition) is 5. The second-order valence-electron chi connectivity index (χ2n) is 6.14. The maximum Gasteiger partial charge on any atom is 0.356 e. The number of nitrogens with zero attached hydrogens (tertiary/aromatic N) is 2. The Morgan fingerprint density at radius 3 is 2.68 bits per heavy atom. The molecule has 0 spiro atoms. The van der Waals surface area contributed by atoms with E-state index in [2.05, 4.69) is 4.98 Å². The fourth-order valence-electron chi connectivity index (χ4n) is 2.88. The molecule has 3 aromatic rings. The Kier molecular flexibility index (Phi) is 6.33. The topological polar surface area (TPSA) is 62.6 Å². The molecule has 0 unspecified atom stereocenters. The van der Waals surface area contributed by atoms with E-state index in [4.69, 9.17) is 14.2 Å². The second kappa shape index (κ2) is 8.90. The number of halogens is 2. The van der Waals surface area contributed by atoms with Crippen molar-refractivity contribution in [3.63, 3.8) is 0 Å². The zero-order chi connectivity index (χ0) is 20.1. The summed E-state index contributed by atoms with van der Waals surface area (Å²) < 4.78 is 44.3. The van der Waals surface area contributed by atoms with E-state index in [1.54, 1.807) is 17.7 Å². The van der Waals surface area contributed by atoms with Crippen LogP contribution in [0.4, 0.5) is 8.78 Å². The fourth-order valence-corrected chi connectivity index (χ4v) is 2.88. The van der Waals surface area contributed by atoms with Crippen molar-refractivity contribution in [3.05, 3.63) is 65.1 Å². The molecule has 1 aromatic carbocycles. The van der Waals surface area contributed by atoms with Gasteiger partial charge < -0.3 is 18.8 Å². The first-order chi connectivity index (χ1) is 13.5. The molecule has 2 aromatic heterocycles. The molecule has 28 heavy (non-hydrogen) atoms. The third-order valence-corrected chi connectivity index (χ3v) is 4.29. The van der Waals surface area contributed by atoms with Crippen LogP contribution in [0.2, 0.25) is 0 Å². The monoisotopic (exact) mass is 390 g/mol. The average molecular weight is 390 g/mol. The SMILES string of the molecule is COCCOCc1cn(Cc2ccc(F)cc2F)c2cnc(C(=O)OC)cc12. The average Bonchev–Trinajstić information content (AvgIpc) is 3.03. The number of methoxy groups -OCH3 is 2. The van der Waals surface area contributed by atoms with Crippen LogP contribution in [0.3, 0.4) is 0 Å². The van der Waals surface area contributed by atoms with Gasteiger partial charge in [0.2, 0.25) is 0 Å². The summed E-state index contributed by atoms with van der Waals surface area (Å²) in [6, 6.07) is 5.09.